The number of anilines is 1. The number of carbonyl (C=O) groups is 2. The van der Waals surface area contributed by atoms with Gasteiger partial charge in [0.15, 0.2) is 0 Å². The van der Waals surface area contributed by atoms with Crippen LogP contribution in [0.15, 0.2) is 30.5 Å². The van der Waals surface area contributed by atoms with E-state index in [1.807, 2.05) is 0 Å². The molecule has 0 atom stereocenters. The molecule has 0 spiro atoms. The first kappa shape index (κ1) is 14.9. The van der Waals surface area contributed by atoms with Crippen LogP contribution in [0.3, 0.4) is 0 Å². The van der Waals surface area contributed by atoms with Crippen molar-refractivity contribution in [1.29, 1.82) is 0 Å². The van der Waals surface area contributed by atoms with Gasteiger partial charge in [0.05, 0.1) is 10.6 Å². The lowest BCUT2D eigenvalue weighted by molar-refractivity contribution is 0.0697. The van der Waals surface area contributed by atoms with Crippen LogP contribution in [-0.4, -0.2) is 22.0 Å². The monoisotopic (exact) mass is 312 g/mol. The van der Waals surface area contributed by atoms with Crippen LogP contribution in [0.5, 0.6) is 0 Å². The molecule has 0 aliphatic carbocycles. The number of benzene rings is 1. The minimum atomic E-state index is -1.32. The van der Waals surface area contributed by atoms with Gasteiger partial charge in [-0.25, -0.2) is 18.6 Å². The molecule has 21 heavy (non-hydrogen) atoms. The van der Waals surface area contributed by atoms with Crippen molar-refractivity contribution in [2.45, 2.75) is 0 Å². The summed E-state index contributed by atoms with van der Waals surface area (Å²) in [7, 11) is 0. The van der Waals surface area contributed by atoms with E-state index in [0.29, 0.717) is 12.1 Å². The average molecular weight is 313 g/mol. The van der Waals surface area contributed by atoms with Crippen LogP contribution in [0.2, 0.25) is 5.02 Å². The fourth-order valence-electron chi connectivity index (χ4n) is 1.55. The number of pyridine rings is 1. The number of nitrogens with zero attached hydrogens (tertiary/aromatic N) is 1. The van der Waals surface area contributed by atoms with Crippen LogP contribution >= 0.6 is 11.6 Å². The predicted octanol–water partition coefficient (Wildman–Crippen LogP) is 2.96. The number of halogens is 3. The van der Waals surface area contributed by atoms with Crippen LogP contribution < -0.4 is 5.32 Å². The Balaban J connectivity index is 2.35. The molecule has 2 rings (SSSR count). The number of amides is 1. The highest BCUT2D eigenvalue weighted by Crippen LogP contribution is 2.20. The molecule has 0 saturated heterocycles. The van der Waals surface area contributed by atoms with Gasteiger partial charge in [-0.15, -0.1) is 0 Å². The highest BCUT2D eigenvalue weighted by molar-refractivity contribution is 6.30. The van der Waals surface area contributed by atoms with Crippen LogP contribution in [0.1, 0.15) is 20.7 Å². The zero-order chi connectivity index (χ0) is 15.6. The lowest BCUT2D eigenvalue weighted by atomic mass is 10.2. The van der Waals surface area contributed by atoms with Gasteiger partial charge in [0.2, 0.25) is 0 Å². The number of aromatic nitrogens is 1. The molecule has 1 heterocycles. The molecule has 5 nitrogen and oxygen atoms in total. The Hall–Kier alpha value is -2.54. The molecule has 1 aromatic heterocycles. The first-order chi connectivity index (χ1) is 9.90. The summed E-state index contributed by atoms with van der Waals surface area (Å²) in [4.78, 5) is 26.5. The summed E-state index contributed by atoms with van der Waals surface area (Å²) in [6.45, 7) is 0. The predicted molar refractivity (Wildman–Crippen MR) is 70.5 cm³/mol. The second kappa shape index (κ2) is 5.84. The van der Waals surface area contributed by atoms with Crippen molar-refractivity contribution in [2.75, 3.05) is 5.32 Å². The third kappa shape index (κ3) is 3.14. The van der Waals surface area contributed by atoms with Crippen LogP contribution in [0, 0.1) is 11.6 Å². The normalized spacial score (nSPS) is 10.2. The van der Waals surface area contributed by atoms with Gasteiger partial charge in [-0.3, -0.25) is 4.79 Å². The minimum absolute atomic E-state index is 0.273. The standard InChI is InChI=1S/C13H7ClF2N2O3/c14-8-5-9(15)7(4-10(8)16)12(19)18-11-6(13(20)21)2-1-3-17-11/h1-5H,(H,20,21)(H,17,18,19). The molecule has 0 bridgehead atoms. The second-order valence-electron chi connectivity index (χ2n) is 3.91. The van der Waals surface area contributed by atoms with Crippen molar-refractivity contribution in [1.82, 2.24) is 4.98 Å². The number of carboxylic acid groups (broad SMARTS) is 1. The zero-order valence-corrected chi connectivity index (χ0v) is 11.0. The number of hydrogen-bond donors (Lipinski definition) is 2. The first-order valence-electron chi connectivity index (χ1n) is 5.54. The summed E-state index contributed by atoms with van der Waals surface area (Å²) in [5.41, 5.74) is -0.889. The van der Waals surface area contributed by atoms with Gasteiger partial charge in [0, 0.05) is 6.20 Å². The molecule has 0 fully saturated rings. The number of carbonyl (C=O) groups excluding carboxylic acids is 1. The summed E-state index contributed by atoms with van der Waals surface area (Å²) in [5.74, 6) is -4.63. The summed E-state index contributed by atoms with van der Waals surface area (Å²) in [6.07, 6.45) is 1.25. The van der Waals surface area contributed by atoms with Crippen LogP contribution in [0.25, 0.3) is 0 Å². The maximum Gasteiger partial charge on any atom is 0.339 e. The molecular formula is C13H7ClF2N2O3. The van der Waals surface area contributed by atoms with E-state index in [0.717, 1.165) is 0 Å². The lowest BCUT2D eigenvalue weighted by Crippen LogP contribution is -2.17. The molecule has 0 aliphatic heterocycles. The lowest BCUT2D eigenvalue weighted by Gasteiger charge is -2.08. The third-order valence-corrected chi connectivity index (χ3v) is 2.81. The van der Waals surface area contributed by atoms with Crippen molar-refractivity contribution >= 4 is 29.3 Å². The maximum atomic E-state index is 13.6. The minimum Gasteiger partial charge on any atom is -0.478 e. The Bertz CT molecular complexity index is 737. The average Bonchev–Trinajstić information content (AvgIpc) is 2.43. The highest BCUT2D eigenvalue weighted by atomic mass is 35.5. The Kier molecular flexibility index (Phi) is 4.13. The maximum absolute atomic E-state index is 13.6. The van der Waals surface area contributed by atoms with Crippen molar-refractivity contribution < 1.29 is 23.5 Å². The SMILES string of the molecule is O=C(Nc1ncccc1C(=O)O)c1cc(F)c(Cl)cc1F. The summed E-state index contributed by atoms with van der Waals surface area (Å²) in [6, 6.07) is 3.85. The quantitative estimate of drug-likeness (QED) is 0.854. The Morgan fingerprint density at radius 1 is 1.19 bits per heavy atom. The summed E-state index contributed by atoms with van der Waals surface area (Å²) < 4.78 is 26.9. The van der Waals surface area contributed by atoms with E-state index < -0.39 is 34.1 Å². The number of nitrogens with one attached hydrogen (secondary N) is 1. The Morgan fingerprint density at radius 3 is 2.57 bits per heavy atom. The van der Waals surface area contributed by atoms with Crippen molar-refractivity contribution in [3.63, 3.8) is 0 Å². The fraction of sp³-hybridized carbons (Fsp3) is 0. The zero-order valence-electron chi connectivity index (χ0n) is 10.2. The smallest absolute Gasteiger partial charge is 0.339 e. The van der Waals surface area contributed by atoms with E-state index >= 15 is 0 Å². The molecular weight excluding hydrogens is 306 g/mol. The first-order valence-corrected chi connectivity index (χ1v) is 5.92. The van der Waals surface area contributed by atoms with E-state index in [9.17, 15) is 18.4 Å². The van der Waals surface area contributed by atoms with Gasteiger partial charge in [-0.2, -0.15) is 0 Å². The molecule has 2 N–H and O–H groups in total. The van der Waals surface area contributed by atoms with E-state index in [1.165, 1.54) is 18.3 Å². The van der Waals surface area contributed by atoms with E-state index in [2.05, 4.69) is 10.3 Å². The molecule has 1 amide bonds. The van der Waals surface area contributed by atoms with Crippen molar-refractivity contribution in [3.8, 4) is 0 Å². The van der Waals surface area contributed by atoms with Crippen molar-refractivity contribution in [2.24, 2.45) is 0 Å². The van der Waals surface area contributed by atoms with E-state index in [4.69, 9.17) is 16.7 Å². The molecule has 1 aromatic carbocycles. The van der Waals surface area contributed by atoms with E-state index in [-0.39, 0.29) is 11.4 Å². The largest absolute Gasteiger partial charge is 0.478 e. The molecule has 2 aromatic rings. The molecule has 0 unspecified atom stereocenters. The Morgan fingerprint density at radius 2 is 1.90 bits per heavy atom. The highest BCUT2D eigenvalue weighted by Gasteiger charge is 2.18. The van der Waals surface area contributed by atoms with Gasteiger partial charge in [0.1, 0.15) is 23.0 Å². The Labute approximate surface area is 122 Å². The van der Waals surface area contributed by atoms with Gasteiger partial charge in [-0.05, 0) is 24.3 Å². The number of hydrogen-bond acceptors (Lipinski definition) is 3. The van der Waals surface area contributed by atoms with Gasteiger partial charge in [-0.1, -0.05) is 11.6 Å². The second-order valence-corrected chi connectivity index (χ2v) is 4.31. The molecule has 0 radical (unpaired) electrons. The van der Waals surface area contributed by atoms with Crippen molar-refractivity contribution in [3.05, 3.63) is 58.2 Å². The van der Waals surface area contributed by atoms with Crippen LogP contribution in [0.4, 0.5) is 14.6 Å². The molecule has 8 heteroatoms. The topological polar surface area (TPSA) is 79.3 Å². The van der Waals surface area contributed by atoms with E-state index in [1.54, 1.807) is 0 Å². The van der Waals surface area contributed by atoms with Gasteiger partial charge < -0.3 is 10.4 Å². The van der Waals surface area contributed by atoms with Crippen LogP contribution in [-0.2, 0) is 0 Å². The summed E-state index contributed by atoms with van der Waals surface area (Å²) in [5, 5.41) is 10.6. The molecule has 108 valence electrons. The molecule has 0 saturated carbocycles. The fourth-order valence-corrected chi connectivity index (χ4v) is 1.70. The van der Waals surface area contributed by atoms with Gasteiger partial charge in [0.25, 0.3) is 5.91 Å². The molecule has 0 aliphatic rings. The number of carboxylic acids is 1. The third-order valence-electron chi connectivity index (χ3n) is 2.52. The summed E-state index contributed by atoms with van der Waals surface area (Å²) >= 11 is 5.38. The number of aromatic carboxylic acids is 1. The number of rotatable bonds is 3. The van der Waals surface area contributed by atoms with Gasteiger partial charge >= 0.3 is 5.97 Å².